The summed E-state index contributed by atoms with van der Waals surface area (Å²) in [6.45, 7) is 41.2. The van der Waals surface area contributed by atoms with Crippen molar-refractivity contribution in [2.45, 2.75) is 163 Å². The van der Waals surface area contributed by atoms with E-state index < -0.39 is 16.6 Å². The molecule has 0 spiro atoms. The highest BCUT2D eigenvalue weighted by Gasteiger charge is 2.42. The van der Waals surface area contributed by atoms with Gasteiger partial charge in [0.2, 0.25) is 0 Å². The largest absolute Gasteiger partial charge is 0.462 e. The van der Waals surface area contributed by atoms with Crippen LogP contribution < -0.4 is 9.80 Å². The monoisotopic (exact) mass is 1210 g/mol. The van der Waals surface area contributed by atoms with Crippen molar-refractivity contribution in [2.24, 2.45) is 10.8 Å². The van der Waals surface area contributed by atoms with Crippen molar-refractivity contribution in [1.82, 2.24) is 4.90 Å². The minimum absolute atomic E-state index is 0.101. The van der Waals surface area contributed by atoms with Crippen molar-refractivity contribution in [2.75, 3.05) is 88.6 Å². The molecule has 1 N–H and O–H groups in total. The van der Waals surface area contributed by atoms with Gasteiger partial charge in [0.15, 0.2) is 16.6 Å². The van der Waals surface area contributed by atoms with Gasteiger partial charge in [0, 0.05) is 80.4 Å². The van der Waals surface area contributed by atoms with Gasteiger partial charge >= 0.3 is 11.9 Å². The number of benzene rings is 4. The highest BCUT2D eigenvalue weighted by molar-refractivity contribution is 6.74. The van der Waals surface area contributed by atoms with Crippen LogP contribution in [-0.2, 0) is 18.3 Å². The number of allylic oxidation sites excluding steroid dienone is 2. The molecule has 456 valence electrons. The Morgan fingerprint density at radius 1 is 0.542 bits per heavy atom. The molecule has 0 amide bonds. The van der Waals surface area contributed by atoms with Crippen LogP contribution >= 0.6 is 23.2 Å². The predicted molar refractivity (Wildman–Crippen MR) is 354 cm³/mol. The quantitative estimate of drug-likeness (QED) is 0.0812. The van der Waals surface area contributed by atoms with E-state index in [1.54, 1.807) is 5.57 Å². The molecule has 2 atom stereocenters. The van der Waals surface area contributed by atoms with Crippen molar-refractivity contribution in [3.8, 4) is 0 Å². The number of piperidine rings is 1. The zero-order valence-electron chi connectivity index (χ0n) is 53.1. The minimum atomic E-state index is -1.81. The van der Waals surface area contributed by atoms with Gasteiger partial charge in [-0.1, -0.05) is 108 Å². The maximum atomic E-state index is 12.0. The van der Waals surface area contributed by atoms with Gasteiger partial charge in [-0.2, -0.15) is 0 Å². The van der Waals surface area contributed by atoms with E-state index >= 15 is 0 Å². The van der Waals surface area contributed by atoms with E-state index in [9.17, 15) is 14.7 Å². The molecule has 2 saturated heterocycles. The van der Waals surface area contributed by atoms with Gasteiger partial charge < -0.3 is 33.2 Å². The minimum Gasteiger partial charge on any atom is -0.462 e. The van der Waals surface area contributed by atoms with E-state index in [4.69, 9.17) is 41.5 Å². The fourth-order valence-corrected chi connectivity index (χ4v) is 13.5. The third-order valence-corrected chi connectivity index (χ3v) is 27.9. The fourth-order valence-electron chi connectivity index (χ4n) is 10.9. The number of esters is 2. The highest BCUT2D eigenvalue weighted by atomic mass is 35.5. The van der Waals surface area contributed by atoms with Gasteiger partial charge in [0.05, 0.1) is 30.9 Å². The first-order valence-corrected chi connectivity index (χ1v) is 37.2. The fraction of sp³-hybridized carbons (Fsp3) is 0.565. The molecular formula is C69H101Cl2N3O7Si2. The summed E-state index contributed by atoms with van der Waals surface area (Å²) in [6, 6.07) is 31.9. The van der Waals surface area contributed by atoms with Crippen molar-refractivity contribution in [1.29, 1.82) is 0 Å². The van der Waals surface area contributed by atoms with Crippen LogP contribution in [0.1, 0.15) is 159 Å². The Morgan fingerprint density at radius 3 is 1.29 bits per heavy atom. The van der Waals surface area contributed by atoms with Crippen molar-refractivity contribution in [3.05, 3.63) is 141 Å². The number of hydrogen-bond acceptors (Lipinski definition) is 10. The standard InChI is InChI=1S/C34H49ClN2O3Si.C21H33ClO2Si.C14H19NO2/c1-8-39-32(38)27-11-15-30(16-12-27)37-21-19-36(20-22-37)24-28-23-34(5,25-40-41(6,7)33(2,3)4)18-17-31(28)26-9-13-29(35)14-10-26;1-20(2,3)25(5,6)24-15-21(4)12-11-19(17(13-21)14-23)16-7-9-18(22)10-8-16;1-2-17-14(16)12-6-8-13(9-7-12)15-10-4-3-5-11-15/h9-16H,8,17-25H2,1-7H3;7-10,23H,11-15H2,1-6H3;6-9H,2-5,10-11H2,1H3. The second-order valence-electron chi connectivity index (χ2n) is 27.3. The molecule has 0 radical (unpaired) electrons. The van der Waals surface area contributed by atoms with Gasteiger partial charge in [0.25, 0.3) is 0 Å². The lowest BCUT2D eigenvalue weighted by Gasteiger charge is -2.43. The van der Waals surface area contributed by atoms with Crippen molar-refractivity contribution in [3.63, 3.8) is 0 Å². The van der Waals surface area contributed by atoms with E-state index in [1.165, 1.54) is 47.2 Å². The van der Waals surface area contributed by atoms with Gasteiger partial charge in [-0.25, -0.2) is 9.59 Å². The van der Waals surface area contributed by atoms with Crippen LogP contribution in [0.15, 0.2) is 108 Å². The molecule has 0 aromatic heterocycles. The third kappa shape index (κ3) is 19.4. The molecule has 10 nitrogen and oxygen atoms in total. The first kappa shape index (κ1) is 67.9. The van der Waals surface area contributed by atoms with Gasteiger partial charge in [0.1, 0.15) is 0 Å². The topological polar surface area (TPSA) is 101 Å². The first-order chi connectivity index (χ1) is 39.1. The van der Waals surface area contributed by atoms with E-state index in [0.717, 1.165) is 119 Å². The molecule has 2 unspecified atom stereocenters. The SMILES string of the molecule is CC1(CO[Si](C)(C)C(C)(C)C)CCC(c2ccc(Cl)cc2)=C(CO)C1.CCOC(=O)c1ccc(N2CCCCC2)cc1.CCOC(=O)c1ccc(N2CCN(CC3=C(c4ccc(Cl)cc4)CCC(C)(CO[Si](C)(C)C(C)(C)C)C3)CC2)cc1. The molecule has 8 rings (SSSR count). The van der Waals surface area contributed by atoms with Crippen molar-refractivity contribution >= 4 is 74.3 Å². The first-order valence-electron chi connectivity index (χ1n) is 30.7. The lowest BCUT2D eigenvalue weighted by atomic mass is 9.72. The highest BCUT2D eigenvalue weighted by Crippen LogP contribution is 2.47. The summed E-state index contributed by atoms with van der Waals surface area (Å²) >= 11 is 12.3. The maximum absolute atomic E-state index is 12.0. The van der Waals surface area contributed by atoms with Crippen LogP contribution in [-0.4, -0.2) is 117 Å². The summed E-state index contributed by atoms with van der Waals surface area (Å²) in [5, 5.41) is 11.9. The maximum Gasteiger partial charge on any atom is 0.338 e. The Kier molecular flexibility index (Phi) is 24.5. The van der Waals surface area contributed by atoms with E-state index in [2.05, 4.69) is 121 Å². The summed E-state index contributed by atoms with van der Waals surface area (Å²) in [5.41, 5.74) is 11.8. The number of carbonyl (C=O) groups is 2. The molecule has 14 heteroatoms. The summed E-state index contributed by atoms with van der Waals surface area (Å²) in [6.07, 6.45) is 10.1. The molecule has 0 saturated carbocycles. The molecular weight excluding hydrogens is 1110 g/mol. The molecule has 2 aliphatic heterocycles. The molecule has 4 aromatic carbocycles. The molecule has 2 fully saturated rings. The number of aliphatic hydroxyl groups excluding tert-OH is 1. The Hall–Kier alpha value is -4.25. The molecule has 0 bridgehead atoms. The van der Waals surface area contributed by atoms with Crippen LogP contribution in [0.2, 0.25) is 46.3 Å². The van der Waals surface area contributed by atoms with Crippen LogP contribution in [0.25, 0.3) is 11.1 Å². The number of aliphatic hydroxyl groups is 1. The summed E-state index contributed by atoms with van der Waals surface area (Å²) < 4.78 is 23.4. The summed E-state index contributed by atoms with van der Waals surface area (Å²) in [5.74, 6) is -0.500. The number of nitrogens with zero attached hydrogens (tertiary/aromatic N) is 3. The molecule has 4 aromatic rings. The number of hydrogen-bond donors (Lipinski definition) is 1. The van der Waals surface area contributed by atoms with E-state index in [-0.39, 0.29) is 39.5 Å². The molecule has 4 aliphatic rings. The molecule has 2 heterocycles. The Balaban J connectivity index is 0.000000222. The smallest absolute Gasteiger partial charge is 0.338 e. The Bertz CT molecular complexity index is 2780. The average Bonchev–Trinajstić information content (AvgIpc) is 3.53. The predicted octanol–water partition coefficient (Wildman–Crippen LogP) is 17.5. The zero-order valence-corrected chi connectivity index (χ0v) is 56.6. The third-order valence-electron chi connectivity index (χ3n) is 18.5. The normalized spacial score (nSPS) is 20.3. The second-order valence-corrected chi connectivity index (χ2v) is 37.7. The van der Waals surface area contributed by atoms with E-state index in [1.807, 2.05) is 86.6 Å². The summed E-state index contributed by atoms with van der Waals surface area (Å²) in [7, 11) is -3.56. The average molecular weight is 1210 g/mol. The van der Waals surface area contributed by atoms with Crippen LogP contribution in [0.3, 0.4) is 0 Å². The summed E-state index contributed by atoms with van der Waals surface area (Å²) in [4.78, 5) is 30.9. The lowest BCUT2D eigenvalue weighted by Crippen LogP contribution is -2.47. The Labute approximate surface area is 512 Å². The van der Waals surface area contributed by atoms with Crippen LogP contribution in [0, 0.1) is 10.8 Å². The van der Waals surface area contributed by atoms with Gasteiger partial charge in [-0.15, -0.1) is 0 Å². The van der Waals surface area contributed by atoms with E-state index in [0.29, 0.717) is 24.3 Å². The number of anilines is 2. The lowest BCUT2D eigenvalue weighted by molar-refractivity contribution is 0.0517. The number of ether oxygens (including phenoxy) is 2. The van der Waals surface area contributed by atoms with Gasteiger partial charge in [-0.05, 0) is 219 Å². The number of halogens is 2. The van der Waals surface area contributed by atoms with Crippen LogP contribution in [0.4, 0.5) is 11.4 Å². The van der Waals surface area contributed by atoms with Gasteiger partial charge in [-0.3, -0.25) is 4.90 Å². The number of piperazine rings is 1. The molecule has 2 aliphatic carbocycles. The van der Waals surface area contributed by atoms with Crippen molar-refractivity contribution < 1.29 is 33.0 Å². The Morgan fingerprint density at radius 2 is 0.916 bits per heavy atom. The zero-order chi connectivity index (χ0) is 60.8. The number of carbonyl (C=O) groups excluding carboxylic acids is 2. The number of rotatable bonds is 17. The van der Waals surface area contributed by atoms with Crippen LogP contribution in [0.5, 0.6) is 0 Å². The second kappa shape index (κ2) is 29.9. The molecule has 83 heavy (non-hydrogen) atoms.